The number of rotatable bonds is 6. The molecule has 0 aromatic rings. The Hall–Kier alpha value is -0.120. The summed E-state index contributed by atoms with van der Waals surface area (Å²) in [5.41, 5.74) is 6.24. The van der Waals surface area contributed by atoms with Gasteiger partial charge in [0.25, 0.3) is 0 Å². The van der Waals surface area contributed by atoms with E-state index in [0.717, 1.165) is 31.7 Å². The van der Waals surface area contributed by atoms with Crippen molar-refractivity contribution in [3.05, 3.63) is 0 Å². The summed E-state index contributed by atoms with van der Waals surface area (Å²) in [4.78, 5) is 2.60. The monoisotopic (exact) mass is 284 g/mol. The van der Waals surface area contributed by atoms with Gasteiger partial charge in [0.15, 0.2) is 0 Å². The highest BCUT2D eigenvalue weighted by molar-refractivity contribution is 4.83. The zero-order chi connectivity index (χ0) is 15.2. The zero-order valence-electron chi connectivity index (χ0n) is 14.1. The molecule has 0 spiro atoms. The lowest BCUT2D eigenvalue weighted by Gasteiger charge is -2.30. The molecule has 0 aliphatic carbocycles. The molecule has 1 heterocycles. The normalized spacial score (nSPS) is 25.2. The quantitative estimate of drug-likeness (QED) is 0.788. The van der Waals surface area contributed by atoms with Gasteiger partial charge in [0.1, 0.15) is 0 Å². The Kier molecular flexibility index (Phi) is 6.96. The van der Waals surface area contributed by atoms with Crippen molar-refractivity contribution in [3.8, 4) is 0 Å². The van der Waals surface area contributed by atoms with E-state index in [-0.39, 0.29) is 12.1 Å². The van der Waals surface area contributed by atoms with Gasteiger partial charge in [-0.05, 0) is 69.5 Å². The van der Waals surface area contributed by atoms with E-state index in [1.54, 1.807) is 0 Å². The van der Waals surface area contributed by atoms with Crippen molar-refractivity contribution in [3.63, 3.8) is 0 Å². The first-order chi connectivity index (χ1) is 9.30. The third-order valence-electron chi connectivity index (χ3n) is 5.21. The molecule has 3 nitrogen and oxygen atoms in total. The van der Waals surface area contributed by atoms with Gasteiger partial charge in [-0.15, -0.1) is 0 Å². The van der Waals surface area contributed by atoms with E-state index >= 15 is 0 Å². The van der Waals surface area contributed by atoms with Crippen LogP contribution in [-0.2, 0) is 0 Å². The number of aliphatic hydroxyl groups excluding tert-OH is 1. The maximum Gasteiger partial charge on any atom is 0.0611 e. The Labute approximate surface area is 125 Å². The lowest BCUT2D eigenvalue weighted by Crippen LogP contribution is -2.43. The van der Waals surface area contributed by atoms with E-state index in [1.165, 1.54) is 32.4 Å². The number of hydrogen-bond acceptors (Lipinski definition) is 3. The van der Waals surface area contributed by atoms with Crippen LogP contribution in [0.4, 0.5) is 0 Å². The Morgan fingerprint density at radius 3 is 2.45 bits per heavy atom. The molecule has 0 aromatic carbocycles. The fraction of sp³-hybridized carbons (Fsp3) is 1.00. The van der Waals surface area contributed by atoms with Gasteiger partial charge in [0.2, 0.25) is 0 Å². The first kappa shape index (κ1) is 17.9. The molecule has 1 rings (SSSR count). The summed E-state index contributed by atoms with van der Waals surface area (Å²) in [5, 5.41) is 9.35. The Morgan fingerprint density at radius 2 is 1.90 bits per heavy atom. The predicted molar refractivity (Wildman–Crippen MR) is 86.8 cm³/mol. The maximum absolute atomic E-state index is 9.35. The van der Waals surface area contributed by atoms with Crippen LogP contribution in [0.3, 0.4) is 0 Å². The van der Waals surface area contributed by atoms with Crippen LogP contribution in [0.1, 0.15) is 66.2 Å². The molecule has 0 saturated carbocycles. The smallest absolute Gasteiger partial charge is 0.0611 e. The lowest BCUT2D eigenvalue weighted by atomic mass is 9.77. The molecule has 1 aliphatic rings. The van der Waals surface area contributed by atoms with Gasteiger partial charge in [-0.25, -0.2) is 0 Å². The van der Waals surface area contributed by atoms with Crippen LogP contribution in [0.15, 0.2) is 0 Å². The molecule has 3 N–H and O–H groups in total. The van der Waals surface area contributed by atoms with Crippen molar-refractivity contribution in [2.45, 2.75) is 71.8 Å². The number of hydrogen-bond donors (Lipinski definition) is 2. The molecule has 2 atom stereocenters. The maximum atomic E-state index is 9.35. The molecule has 1 saturated heterocycles. The fourth-order valence-electron chi connectivity index (χ4n) is 3.27. The SMILES string of the molecule is CCC(N)(CO)CCCN1CCCC(C(C)(C)C)CC1. The lowest BCUT2D eigenvalue weighted by molar-refractivity contribution is 0.170. The van der Waals surface area contributed by atoms with E-state index in [0.29, 0.717) is 5.41 Å². The van der Waals surface area contributed by atoms with E-state index in [4.69, 9.17) is 5.73 Å². The van der Waals surface area contributed by atoms with Crippen molar-refractivity contribution in [1.82, 2.24) is 4.90 Å². The second-order valence-electron chi connectivity index (χ2n) is 7.81. The number of likely N-dealkylation sites (tertiary alicyclic amines) is 1. The van der Waals surface area contributed by atoms with E-state index < -0.39 is 0 Å². The summed E-state index contributed by atoms with van der Waals surface area (Å²) >= 11 is 0. The second-order valence-corrected chi connectivity index (χ2v) is 7.81. The number of nitrogens with two attached hydrogens (primary N) is 1. The van der Waals surface area contributed by atoms with Gasteiger partial charge in [-0.3, -0.25) is 0 Å². The van der Waals surface area contributed by atoms with Gasteiger partial charge >= 0.3 is 0 Å². The standard InChI is InChI=1S/C17H36N2O/c1-5-17(18,14-20)10-7-12-19-11-6-8-15(9-13-19)16(2,3)4/h15,20H,5-14,18H2,1-4H3. The van der Waals surface area contributed by atoms with E-state index in [2.05, 4.69) is 32.6 Å². The zero-order valence-corrected chi connectivity index (χ0v) is 14.1. The average Bonchev–Trinajstić information content (AvgIpc) is 2.64. The van der Waals surface area contributed by atoms with Crippen molar-refractivity contribution in [2.24, 2.45) is 17.1 Å². The van der Waals surface area contributed by atoms with Gasteiger partial charge in [0.05, 0.1) is 6.61 Å². The molecule has 1 fully saturated rings. The summed E-state index contributed by atoms with van der Waals surface area (Å²) in [5.74, 6) is 0.856. The minimum Gasteiger partial charge on any atom is -0.394 e. The highest BCUT2D eigenvalue weighted by Gasteiger charge is 2.27. The van der Waals surface area contributed by atoms with Gasteiger partial charge in [0, 0.05) is 5.54 Å². The topological polar surface area (TPSA) is 49.5 Å². The first-order valence-electron chi connectivity index (χ1n) is 8.43. The largest absolute Gasteiger partial charge is 0.394 e. The molecular formula is C17H36N2O. The third kappa shape index (κ3) is 5.71. The first-order valence-corrected chi connectivity index (χ1v) is 8.43. The second kappa shape index (κ2) is 7.77. The average molecular weight is 284 g/mol. The minimum absolute atomic E-state index is 0.107. The van der Waals surface area contributed by atoms with Crippen molar-refractivity contribution in [1.29, 1.82) is 0 Å². The molecule has 120 valence electrons. The van der Waals surface area contributed by atoms with Crippen LogP contribution < -0.4 is 5.73 Å². The summed E-state index contributed by atoms with van der Waals surface area (Å²) in [7, 11) is 0. The van der Waals surface area contributed by atoms with Crippen LogP contribution in [0.2, 0.25) is 0 Å². The van der Waals surface area contributed by atoms with E-state index in [1.807, 2.05) is 0 Å². The predicted octanol–water partition coefficient (Wildman–Crippen LogP) is 3.01. The Balaban J connectivity index is 2.32. The summed E-state index contributed by atoms with van der Waals surface area (Å²) < 4.78 is 0. The van der Waals surface area contributed by atoms with Crippen LogP contribution in [0.5, 0.6) is 0 Å². The molecule has 3 heteroatoms. The van der Waals surface area contributed by atoms with Crippen LogP contribution >= 0.6 is 0 Å². The van der Waals surface area contributed by atoms with Crippen LogP contribution in [0.25, 0.3) is 0 Å². The summed E-state index contributed by atoms with van der Waals surface area (Å²) in [6, 6.07) is 0. The van der Waals surface area contributed by atoms with E-state index in [9.17, 15) is 5.11 Å². The number of aliphatic hydroxyl groups is 1. The highest BCUT2D eigenvalue weighted by Crippen LogP contribution is 2.34. The van der Waals surface area contributed by atoms with Crippen molar-refractivity contribution >= 4 is 0 Å². The molecule has 0 radical (unpaired) electrons. The van der Waals surface area contributed by atoms with Gasteiger partial charge < -0.3 is 15.7 Å². The number of nitrogens with zero attached hydrogens (tertiary/aromatic N) is 1. The van der Waals surface area contributed by atoms with Crippen molar-refractivity contribution in [2.75, 3.05) is 26.2 Å². The summed E-state index contributed by atoms with van der Waals surface area (Å²) in [6.45, 7) is 12.9. The summed E-state index contributed by atoms with van der Waals surface area (Å²) in [6.07, 6.45) is 6.90. The van der Waals surface area contributed by atoms with Crippen LogP contribution in [-0.4, -0.2) is 41.8 Å². The molecule has 1 aliphatic heterocycles. The molecule has 0 aromatic heterocycles. The Bertz CT molecular complexity index is 269. The van der Waals surface area contributed by atoms with Crippen molar-refractivity contribution < 1.29 is 5.11 Å². The molecule has 0 bridgehead atoms. The van der Waals surface area contributed by atoms with Gasteiger partial charge in [-0.2, -0.15) is 0 Å². The minimum atomic E-state index is -0.361. The molecule has 20 heavy (non-hydrogen) atoms. The molecule has 0 amide bonds. The van der Waals surface area contributed by atoms with Crippen LogP contribution in [0, 0.1) is 11.3 Å². The molecular weight excluding hydrogens is 248 g/mol. The highest BCUT2D eigenvalue weighted by atomic mass is 16.3. The third-order valence-corrected chi connectivity index (χ3v) is 5.21. The fourth-order valence-corrected chi connectivity index (χ4v) is 3.27. The van der Waals surface area contributed by atoms with Gasteiger partial charge in [-0.1, -0.05) is 27.7 Å². The Morgan fingerprint density at radius 1 is 1.20 bits per heavy atom. The molecule has 2 unspecified atom stereocenters.